The maximum absolute atomic E-state index is 13.5. The Balaban J connectivity index is 1.33. The van der Waals surface area contributed by atoms with Crippen molar-refractivity contribution in [1.29, 1.82) is 0 Å². The van der Waals surface area contributed by atoms with Crippen molar-refractivity contribution in [2.45, 2.75) is 51.2 Å². The summed E-state index contributed by atoms with van der Waals surface area (Å²) in [5.41, 5.74) is 2.09. The van der Waals surface area contributed by atoms with Gasteiger partial charge in [-0.1, -0.05) is 61.5 Å². The van der Waals surface area contributed by atoms with Crippen molar-refractivity contribution >= 4 is 29.4 Å². The second-order valence-corrected chi connectivity index (χ2v) is 11.5. The highest BCUT2D eigenvalue weighted by Gasteiger charge is 2.50. The molecule has 1 fully saturated rings. The zero-order chi connectivity index (χ0) is 31.5. The Kier molecular flexibility index (Phi) is 8.75. The van der Waals surface area contributed by atoms with Gasteiger partial charge >= 0.3 is 12.1 Å². The van der Waals surface area contributed by atoms with Crippen molar-refractivity contribution in [3.05, 3.63) is 101 Å². The molecule has 3 aromatic carbocycles. The summed E-state index contributed by atoms with van der Waals surface area (Å²) >= 11 is 0. The predicted octanol–water partition coefficient (Wildman–Crippen LogP) is 6.13. The van der Waals surface area contributed by atoms with Gasteiger partial charge in [0.25, 0.3) is 5.91 Å². The monoisotopic (exact) mass is 607 g/mol. The van der Waals surface area contributed by atoms with Gasteiger partial charge in [0, 0.05) is 17.7 Å². The number of halogens is 3. The third-order valence-corrected chi connectivity index (χ3v) is 7.97. The Morgan fingerprint density at radius 2 is 1.73 bits per heavy atom. The van der Waals surface area contributed by atoms with Crippen LogP contribution in [-0.2, 0) is 32.1 Å². The molecule has 2 aliphatic rings. The van der Waals surface area contributed by atoms with Crippen molar-refractivity contribution < 1.29 is 37.4 Å². The molecular weight excluding hydrogens is 575 g/mol. The van der Waals surface area contributed by atoms with E-state index < -0.39 is 41.7 Å². The molecule has 8 nitrogen and oxygen atoms in total. The lowest BCUT2D eigenvalue weighted by molar-refractivity contribution is -0.146. The maximum atomic E-state index is 13.5. The van der Waals surface area contributed by atoms with Gasteiger partial charge in [-0.2, -0.15) is 13.2 Å². The van der Waals surface area contributed by atoms with Crippen LogP contribution in [0, 0.1) is 11.3 Å². The number of carboxylic acid groups (broad SMARTS) is 1. The number of alkyl halides is 3. The summed E-state index contributed by atoms with van der Waals surface area (Å²) in [6.45, 7) is 1.32. The van der Waals surface area contributed by atoms with Crippen LogP contribution in [0.4, 0.5) is 18.9 Å². The van der Waals surface area contributed by atoms with E-state index in [1.807, 2.05) is 30.3 Å². The second kappa shape index (κ2) is 12.5. The molecule has 5 rings (SSSR count). The third-order valence-electron chi connectivity index (χ3n) is 7.97. The second-order valence-electron chi connectivity index (χ2n) is 11.5. The zero-order valence-electron chi connectivity index (χ0n) is 24.0. The SMILES string of the molecule is CC(CC(F)(F)F)C(C(=O)Nc1cccc(CC2(C(=O)O)CC2)c1)c1ccc(CN2N=C(c3ccccc3)OCC2=O)cc1. The van der Waals surface area contributed by atoms with Crippen LogP contribution in [0.2, 0.25) is 0 Å². The highest BCUT2D eigenvalue weighted by Crippen LogP contribution is 2.48. The van der Waals surface area contributed by atoms with E-state index in [2.05, 4.69) is 10.4 Å². The lowest BCUT2D eigenvalue weighted by Gasteiger charge is -2.26. The molecule has 230 valence electrons. The van der Waals surface area contributed by atoms with Gasteiger partial charge in [-0.05, 0) is 66.1 Å². The number of benzene rings is 3. The first-order valence-electron chi connectivity index (χ1n) is 14.3. The van der Waals surface area contributed by atoms with Gasteiger partial charge in [0.2, 0.25) is 11.8 Å². The molecule has 3 aromatic rings. The minimum absolute atomic E-state index is 0.110. The molecule has 0 spiro atoms. The topological polar surface area (TPSA) is 108 Å². The van der Waals surface area contributed by atoms with E-state index in [-0.39, 0.29) is 19.1 Å². The smallest absolute Gasteiger partial charge is 0.389 e. The summed E-state index contributed by atoms with van der Waals surface area (Å²) in [5, 5.41) is 17.9. The number of rotatable bonds is 11. The summed E-state index contributed by atoms with van der Waals surface area (Å²) in [6, 6.07) is 22.4. The number of carboxylic acids is 1. The first kappa shape index (κ1) is 30.8. The molecule has 0 saturated heterocycles. The van der Waals surface area contributed by atoms with Gasteiger partial charge in [-0.25, -0.2) is 5.01 Å². The Bertz CT molecular complexity index is 1550. The number of hydrogen-bond donors (Lipinski definition) is 2. The number of aliphatic carboxylic acids is 1. The number of ether oxygens (including phenoxy) is 1. The van der Waals surface area contributed by atoms with Crippen molar-refractivity contribution in [2.75, 3.05) is 11.9 Å². The molecule has 0 bridgehead atoms. The van der Waals surface area contributed by atoms with E-state index in [9.17, 15) is 32.7 Å². The van der Waals surface area contributed by atoms with Gasteiger partial charge in [-0.3, -0.25) is 14.4 Å². The Morgan fingerprint density at radius 1 is 1.02 bits per heavy atom. The number of carbonyl (C=O) groups excluding carboxylic acids is 2. The van der Waals surface area contributed by atoms with Crippen LogP contribution >= 0.6 is 0 Å². The molecule has 0 aromatic heterocycles. The van der Waals surface area contributed by atoms with Gasteiger partial charge in [0.05, 0.1) is 17.9 Å². The number of hydrogen-bond acceptors (Lipinski definition) is 5. The number of hydrazone groups is 1. The largest absolute Gasteiger partial charge is 0.481 e. The Morgan fingerprint density at radius 3 is 2.36 bits per heavy atom. The molecule has 2 atom stereocenters. The minimum atomic E-state index is -4.47. The summed E-state index contributed by atoms with van der Waals surface area (Å²) in [6.07, 6.45) is -4.17. The first-order valence-corrected chi connectivity index (χ1v) is 14.3. The summed E-state index contributed by atoms with van der Waals surface area (Å²) in [4.78, 5) is 37.6. The van der Waals surface area contributed by atoms with Crippen LogP contribution in [-0.4, -0.2) is 46.6 Å². The highest BCUT2D eigenvalue weighted by atomic mass is 19.4. The molecule has 44 heavy (non-hydrogen) atoms. The predicted molar refractivity (Wildman–Crippen MR) is 157 cm³/mol. The number of carbonyl (C=O) groups is 3. The minimum Gasteiger partial charge on any atom is -0.481 e. The molecule has 1 aliphatic carbocycles. The van der Waals surface area contributed by atoms with Gasteiger partial charge < -0.3 is 15.2 Å². The number of nitrogens with zero attached hydrogens (tertiary/aromatic N) is 2. The van der Waals surface area contributed by atoms with E-state index in [4.69, 9.17) is 4.74 Å². The zero-order valence-corrected chi connectivity index (χ0v) is 24.0. The summed E-state index contributed by atoms with van der Waals surface area (Å²) < 4.78 is 45.8. The van der Waals surface area contributed by atoms with Crippen molar-refractivity contribution in [1.82, 2.24) is 5.01 Å². The van der Waals surface area contributed by atoms with Gasteiger partial charge in [0.1, 0.15) is 0 Å². The van der Waals surface area contributed by atoms with Crippen molar-refractivity contribution in [2.24, 2.45) is 16.4 Å². The molecular formula is C33H32F3N3O5. The van der Waals surface area contributed by atoms with Crippen LogP contribution in [0.15, 0.2) is 84.0 Å². The molecule has 1 saturated carbocycles. The van der Waals surface area contributed by atoms with Crippen LogP contribution in [0.1, 0.15) is 54.4 Å². The van der Waals surface area contributed by atoms with Crippen LogP contribution in [0.3, 0.4) is 0 Å². The Hall–Kier alpha value is -4.67. The molecule has 2 N–H and O–H groups in total. The third kappa shape index (κ3) is 7.45. The van der Waals surface area contributed by atoms with Gasteiger partial charge in [-0.15, -0.1) is 5.10 Å². The maximum Gasteiger partial charge on any atom is 0.389 e. The number of amides is 2. The first-order chi connectivity index (χ1) is 20.9. The molecule has 2 unspecified atom stereocenters. The molecule has 0 radical (unpaired) electrons. The molecule has 11 heteroatoms. The Labute approximate surface area is 252 Å². The quantitative estimate of drug-likeness (QED) is 0.273. The van der Waals surface area contributed by atoms with Crippen LogP contribution < -0.4 is 5.32 Å². The fourth-order valence-electron chi connectivity index (χ4n) is 5.46. The normalized spacial score (nSPS) is 17.2. The number of nitrogens with one attached hydrogen (secondary N) is 1. The van der Waals surface area contributed by atoms with E-state index >= 15 is 0 Å². The van der Waals surface area contributed by atoms with Gasteiger partial charge in [0.15, 0.2) is 6.61 Å². The van der Waals surface area contributed by atoms with E-state index in [0.29, 0.717) is 47.5 Å². The fourth-order valence-corrected chi connectivity index (χ4v) is 5.46. The number of anilines is 1. The summed E-state index contributed by atoms with van der Waals surface area (Å²) in [7, 11) is 0. The molecule has 1 heterocycles. The fraction of sp³-hybridized carbons (Fsp3) is 0.333. The van der Waals surface area contributed by atoms with E-state index in [0.717, 1.165) is 5.56 Å². The van der Waals surface area contributed by atoms with Crippen LogP contribution in [0.5, 0.6) is 0 Å². The molecule has 1 aliphatic heterocycles. The highest BCUT2D eigenvalue weighted by molar-refractivity contribution is 5.98. The van der Waals surface area contributed by atoms with Crippen LogP contribution in [0.25, 0.3) is 0 Å². The van der Waals surface area contributed by atoms with Crippen molar-refractivity contribution in [3.8, 4) is 0 Å². The van der Waals surface area contributed by atoms with E-state index in [1.54, 1.807) is 48.5 Å². The summed E-state index contributed by atoms with van der Waals surface area (Å²) in [5.74, 6) is -3.72. The average Bonchev–Trinajstić information content (AvgIpc) is 3.76. The van der Waals surface area contributed by atoms with Crippen molar-refractivity contribution in [3.63, 3.8) is 0 Å². The average molecular weight is 608 g/mol. The lowest BCUT2D eigenvalue weighted by Crippen LogP contribution is -2.36. The molecule has 2 amide bonds. The standard InChI is InChI=1S/C33H32F3N3O5/c1-21(17-33(34,35)36)28(29(41)37-26-9-5-6-23(16-26)18-32(14-15-32)31(42)43)24-12-10-22(11-13-24)19-39-27(40)20-44-30(38-39)25-7-3-2-4-8-25/h2-13,16,21,28H,14-15,17-20H2,1H3,(H,37,41)(H,42,43). The lowest BCUT2D eigenvalue weighted by atomic mass is 9.83. The van der Waals surface area contributed by atoms with E-state index in [1.165, 1.54) is 11.9 Å².